The van der Waals surface area contributed by atoms with Crippen LogP contribution in [0.5, 0.6) is 0 Å². The van der Waals surface area contributed by atoms with Crippen molar-refractivity contribution in [3.05, 3.63) is 26.9 Å². The number of aromatic nitrogens is 6. The minimum atomic E-state index is 0.653. The fourth-order valence-corrected chi connectivity index (χ4v) is 4.56. The van der Waals surface area contributed by atoms with Crippen molar-refractivity contribution < 1.29 is 0 Å². The first kappa shape index (κ1) is 14.8. The Labute approximate surface area is 145 Å². The summed E-state index contributed by atoms with van der Waals surface area (Å²) in [7, 11) is 1.90. The standard InChI is InChI=1S/C15H15BrN6S/c1-5-9-8(3)23-15-10(9)14-18-13(20-22(14)6-17-15)12-11(16)7(2)19-21(12)4/h6H,5H2,1-4H3. The third kappa shape index (κ3) is 2.05. The van der Waals surface area contributed by atoms with Crippen LogP contribution in [0.1, 0.15) is 23.1 Å². The molecule has 0 N–H and O–H groups in total. The van der Waals surface area contributed by atoms with Gasteiger partial charge in [0, 0.05) is 11.9 Å². The van der Waals surface area contributed by atoms with Crippen molar-refractivity contribution >= 4 is 43.1 Å². The van der Waals surface area contributed by atoms with Crippen molar-refractivity contribution in [3.8, 4) is 11.5 Å². The molecule has 4 aromatic rings. The average Bonchev–Trinajstić information content (AvgIpc) is 3.12. The van der Waals surface area contributed by atoms with Crippen LogP contribution in [0.25, 0.3) is 27.4 Å². The Morgan fingerprint density at radius 2 is 2.04 bits per heavy atom. The van der Waals surface area contributed by atoms with Crippen molar-refractivity contribution in [1.29, 1.82) is 0 Å². The first-order chi connectivity index (χ1) is 11.0. The molecule has 23 heavy (non-hydrogen) atoms. The minimum absolute atomic E-state index is 0.653. The molecule has 0 bridgehead atoms. The molecule has 8 heteroatoms. The van der Waals surface area contributed by atoms with Gasteiger partial charge in [-0.1, -0.05) is 6.92 Å². The highest BCUT2D eigenvalue weighted by Crippen LogP contribution is 2.34. The zero-order chi connectivity index (χ0) is 16.3. The number of nitrogens with zero attached hydrogens (tertiary/aromatic N) is 6. The number of halogens is 1. The van der Waals surface area contributed by atoms with E-state index >= 15 is 0 Å². The van der Waals surface area contributed by atoms with Gasteiger partial charge in [0.1, 0.15) is 16.9 Å². The molecule has 0 spiro atoms. The number of hydrogen-bond acceptors (Lipinski definition) is 5. The summed E-state index contributed by atoms with van der Waals surface area (Å²) in [6.07, 6.45) is 2.70. The molecule has 118 valence electrons. The number of rotatable bonds is 2. The molecule has 0 aliphatic carbocycles. The molecular formula is C15H15BrN6S. The van der Waals surface area contributed by atoms with E-state index in [0.29, 0.717) is 5.82 Å². The van der Waals surface area contributed by atoms with Crippen LogP contribution >= 0.6 is 27.3 Å². The zero-order valence-corrected chi connectivity index (χ0v) is 15.7. The molecule has 4 rings (SSSR count). The van der Waals surface area contributed by atoms with Gasteiger partial charge in [-0.3, -0.25) is 4.68 Å². The van der Waals surface area contributed by atoms with Gasteiger partial charge in [0.15, 0.2) is 5.65 Å². The summed E-state index contributed by atoms with van der Waals surface area (Å²) in [5.41, 5.74) is 3.97. The molecule has 0 radical (unpaired) electrons. The van der Waals surface area contributed by atoms with E-state index in [0.717, 1.165) is 38.1 Å². The Morgan fingerprint density at radius 1 is 1.26 bits per heavy atom. The number of fused-ring (bicyclic) bond motifs is 3. The van der Waals surface area contributed by atoms with Gasteiger partial charge in [-0.25, -0.2) is 14.5 Å². The van der Waals surface area contributed by atoms with E-state index in [4.69, 9.17) is 4.98 Å². The normalized spacial score (nSPS) is 11.9. The predicted octanol–water partition coefficient (Wildman–Crippen LogP) is 3.68. The van der Waals surface area contributed by atoms with Gasteiger partial charge < -0.3 is 0 Å². The molecule has 0 amide bonds. The Bertz CT molecular complexity index is 1060. The number of hydrogen-bond donors (Lipinski definition) is 0. The second-order valence-electron chi connectivity index (χ2n) is 5.49. The fraction of sp³-hybridized carbons (Fsp3) is 0.333. The van der Waals surface area contributed by atoms with Gasteiger partial charge in [-0.15, -0.1) is 16.4 Å². The summed E-state index contributed by atoms with van der Waals surface area (Å²) in [6, 6.07) is 0. The maximum Gasteiger partial charge on any atom is 0.201 e. The van der Waals surface area contributed by atoms with Gasteiger partial charge in [-0.2, -0.15) is 5.10 Å². The summed E-state index contributed by atoms with van der Waals surface area (Å²) < 4.78 is 4.49. The summed E-state index contributed by atoms with van der Waals surface area (Å²) in [4.78, 5) is 11.7. The quantitative estimate of drug-likeness (QED) is 0.523. The molecule has 0 saturated carbocycles. The summed E-state index contributed by atoms with van der Waals surface area (Å²) in [6.45, 7) is 6.26. The van der Waals surface area contributed by atoms with Gasteiger partial charge in [0.25, 0.3) is 0 Å². The Balaban J connectivity index is 2.06. The van der Waals surface area contributed by atoms with E-state index in [1.807, 2.05) is 14.0 Å². The van der Waals surface area contributed by atoms with Crippen LogP contribution in [0, 0.1) is 13.8 Å². The lowest BCUT2D eigenvalue weighted by atomic mass is 10.1. The highest BCUT2D eigenvalue weighted by molar-refractivity contribution is 9.10. The van der Waals surface area contributed by atoms with Gasteiger partial charge in [0.05, 0.1) is 15.6 Å². The molecule has 6 nitrogen and oxygen atoms in total. The molecule has 0 fully saturated rings. The summed E-state index contributed by atoms with van der Waals surface area (Å²) in [5.74, 6) is 0.653. The molecule has 0 unspecified atom stereocenters. The Morgan fingerprint density at radius 3 is 2.70 bits per heavy atom. The predicted molar refractivity (Wildman–Crippen MR) is 94.9 cm³/mol. The van der Waals surface area contributed by atoms with E-state index in [-0.39, 0.29) is 0 Å². The number of thiophene rings is 1. The molecule has 0 saturated heterocycles. The lowest BCUT2D eigenvalue weighted by molar-refractivity contribution is 0.758. The largest absolute Gasteiger partial charge is 0.263 e. The average molecular weight is 391 g/mol. The second-order valence-corrected chi connectivity index (χ2v) is 7.49. The third-order valence-electron chi connectivity index (χ3n) is 4.04. The summed E-state index contributed by atoms with van der Waals surface area (Å²) >= 11 is 5.31. The smallest absolute Gasteiger partial charge is 0.201 e. The lowest BCUT2D eigenvalue weighted by Gasteiger charge is -1.96. The molecule has 4 aromatic heterocycles. The van der Waals surface area contributed by atoms with Crippen LogP contribution in [-0.4, -0.2) is 29.4 Å². The lowest BCUT2D eigenvalue weighted by Crippen LogP contribution is -1.95. The van der Waals surface area contributed by atoms with E-state index in [2.05, 4.69) is 45.0 Å². The van der Waals surface area contributed by atoms with E-state index in [9.17, 15) is 0 Å². The maximum atomic E-state index is 4.80. The first-order valence-electron chi connectivity index (χ1n) is 7.34. The molecule has 4 heterocycles. The molecular weight excluding hydrogens is 376 g/mol. The highest BCUT2D eigenvalue weighted by Gasteiger charge is 2.20. The number of aryl methyl sites for hydroxylation is 4. The Kier molecular flexibility index (Phi) is 3.28. The fourth-order valence-electron chi connectivity index (χ4n) is 2.97. The van der Waals surface area contributed by atoms with E-state index in [1.165, 1.54) is 10.4 Å². The Hall–Kier alpha value is -1.80. The second kappa shape index (κ2) is 5.10. The van der Waals surface area contributed by atoms with Gasteiger partial charge >= 0.3 is 0 Å². The topological polar surface area (TPSA) is 60.9 Å². The van der Waals surface area contributed by atoms with Crippen LogP contribution in [0.2, 0.25) is 0 Å². The summed E-state index contributed by atoms with van der Waals surface area (Å²) in [5, 5.41) is 10.2. The maximum absolute atomic E-state index is 4.80. The van der Waals surface area contributed by atoms with E-state index < -0.39 is 0 Å². The first-order valence-corrected chi connectivity index (χ1v) is 8.95. The van der Waals surface area contributed by atoms with Crippen molar-refractivity contribution in [1.82, 2.24) is 29.4 Å². The SMILES string of the molecule is CCc1c(C)sc2ncn3nc(-c4c(Br)c(C)nn4C)nc3c12. The van der Waals surface area contributed by atoms with Crippen LogP contribution in [0.3, 0.4) is 0 Å². The molecule has 0 aliphatic heterocycles. The van der Waals surface area contributed by atoms with Crippen LogP contribution in [-0.2, 0) is 13.5 Å². The van der Waals surface area contributed by atoms with Crippen LogP contribution in [0.4, 0.5) is 0 Å². The monoisotopic (exact) mass is 390 g/mol. The van der Waals surface area contributed by atoms with E-state index in [1.54, 1.807) is 26.9 Å². The third-order valence-corrected chi connectivity index (χ3v) is 6.05. The highest BCUT2D eigenvalue weighted by atomic mass is 79.9. The van der Waals surface area contributed by atoms with Gasteiger partial charge in [-0.05, 0) is 41.8 Å². The zero-order valence-electron chi connectivity index (χ0n) is 13.3. The molecule has 0 atom stereocenters. The molecule has 0 aromatic carbocycles. The van der Waals surface area contributed by atoms with Crippen molar-refractivity contribution in [2.75, 3.05) is 0 Å². The van der Waals surface area contributed by atoms with Crippen molar-refractivity contribution in [3.63, 3.8) is 0 Å². The van der Waals surface area contributed by atoms with Gasteiger partial charge in [0.2, 0.25) is 5.82 Å². The van der Waals surface area contributed by atoms with Crippen LogP contribution in [0.15, 0.2) is 10.8 Å². The van der Waals surface area contributed by atoms with Crippen LogP contribution < -0.4 is 0 Å². The van der Waals surface area contributed by atoms with Crippen molar-refractivity contribution in [2.45, 2.75) is 27.2 Å². The molecule has 0 aliphatic rings. The minimum Gasteiger partial charge on any atom is -0.263 e. The van der Waals surface area contributed by atoms with Crippen molar-refractivity contribution in [2.24, 2.45) is 7.05 Å².